The van der Waals surface area contributed by atoms with Gasteiger partial charge in [0.1, 0.15) is 0 Å². The largest absolute Gasteiger partial charge is 0.311 e. The van der Waals surface area contributed by atoms with E-state index in [0.717, 1.165) is 22.7 Å². The third kappa shape index (κ3) is 4.05. The lowest BCUT2D eigenvalue weighted by Crippen LogP contribution is -2.15. The molecule has 0 unspecified atom stereocenters. The fourth-order valence-electron chi connectivity index (χ4n) is 6.24. The summed E-state index contributed by atoms with van der Waals surface area (Å²) in [7, 11) is 0. The molecule has 2 heteroatoms. The summed E-state index contributed by atoms with van der Waals surface area (Å²) in [5, 5.41) is 2.56. The van der Waals surface area contributed by atoms with E-state index in [-0.39, 0.29) is 0 Å². The summed E-state index contributed by atoms with van der Waals surface area (Å²) in [6.07, 6.45) is 0. The summed E-state index contributed by atoms with van der Waals surface area (Å²) in [6, 6.07) is 60.8. The molecule has 0 aliphatic carbocycles. The summed E-state index contributed by atoms with van der Waals surface area (Å²) in [5.41, 5.74) is 11.9. The van der Waals surface area contributed by atoms with Crippen LogP contribution >= 0.6 is 0 Å². The Morgan fingerprint density at radius 3 is 1.62 bits per heavy atom. The zero-order valence-corrected chi connectivity index (χ0v) is 23.1. The van der Waals surface area contributed by atoms with Gasteiger partial charge in [0, 0.05) is 33.7 Å². The zero-order chi connectivity index (χ0) is 27.9. The van der Waals surface area contributed by atoms with Gasteiger partial charge in [-0.2, -0.15) is 0 Å². The number of nitrogens with zero attached hydrogens (tertiary/aromatic N) is 2. The van der Waals surface area contributed by atoms with Gasteiger partial charge in [0.2, 0.25) is 0 Å². The third-order valence-corrected chi connectivity index (χ3v) is 8.17. The van der Waals surface area contributed by atoms with Crippen molar-refractivity contribution in [2.45, 2.75) is 0 Å². The number of anilines is 6. The van der Waals surface area contributed by atoms with Crippen LogP contribution in [0.4, 0.5) is 34.1 Å². The van der Waals surface area contributed by atoms with Gasteiger partial charge in [-0.05, 0) is 82.7 Å². The highest BCUT2D eigenvalue weighted by molar-refractivity contribution is 6.13. The number of rotatable bonds is 5. The Labute approximate surface area is 246 Å². The Morgan fingerprint density at radius 1 is 0.357 bits per heavy atom. The molecule has 0 amide bonds. The lowest BCUT2D eigenvalue weighted by Gasteiger charge is -2.34. The van der Waals surface area contributed by atoms with Gasteiger partial charge in [-0.15, -0.1) is 0 Å². The van der Waals surface area contributed by atoms with Crippen LogP contribution in [0.3, 0.4) is 0 Å². The van der Waals surface area contributed by atoms with E-state index >= 15 is 0 Å². The maximum absolute atomic E-state index is 2.40. The van der Waals surface area contributed by atoms with Crippen LogP contribution < -0.4 is 9.80 Å². The van der Waals surface area contributed by atoms with Gasteiger partial charge < -0.3 is 9.80 Å². The lowest BCUT2D eigenvalue weighted by molar-refractivity contribution is 1.26. The van der Waals surface area contributed by atoms with Crippen LogP contribution in [0.2, 0.25) is 0 Å². The Balaban J connectivity index is 1.22. The molecular weight excluding hydrogens is 508 g/mol. The predicted molar refractivity (Wildman–Crippen MR) is 178 cm³/mol. The van der Waals surface area contributed by atoms with Gasteiger partial charge in [0.25, 0.3) is 0 Å². The van der Waals surface area contributed by atoms with E-state index in [1.54, 1.807) is 0 Å². The molecular formula is C40H28N2. The van der Waals surface area contributed by atoms with Crippen LogP contribution in [0.25, 0.3) is 33.0 Å². The van der Waals surface area contributed by atoms with Crippen molar-refractivity contribution >= 4 is 44.9 Å². The minimum absolute atomic E-state index is 1.11. The highest BCUT2D eigenvalue weighted by Crippen LogP contribution is 2.51. The quantitative estimate of drug-likeness (QED) is 0.216. The van der Waals surface area contributed by atoms with Gasteiger partial charge in [-0.1, -0.05) is 109 Å². The molecule has 198 valence electrons. The molecule has 42 heavy (non-hydrogen) atoms. The molecule has 0 bridgehead atoms. The van der Waals surface area contributed by atoms with E-state index in [0.29, 0.717) is 0 Å². The highest BCUT2D eigenvalue weighted by Gasteiger charge is 2.25. The molecule has 2 nitrogen and oxygen atoms in total. The first kappa shape index (κ1) is 24.2. The monoisotopic (exact) mass is 536 g/mol. The first-order chi connectivity index (χ1) is 20.8. The van der Waals surface area contributed by atoms with Crippen molar-refractivity contribution < 1.29 is 0 Å². The Hall–Kier alpha value is -5.60. The second-order valence-corrected chi connectivity index (χ2v) is 10.6. The second kappa shape index (κ2) is 10.1. The molecule has 0 saturated carbocycles. The van der Waals surface area contributed by atoms with Crippen LogP contribution in [0.1, 0.15) is 0 Å². The van der Waals surface area contributed by atoms with E-state index in [1.807, 2.05) is 0 Å². The van der Waals surface area contributed by atoms with Crippen LogP contribution in [0.5, 0.6) is 0 Å². The van der Waals surface area contributed by atoms with Gasteiger partial charge in [-0.3, -0.25) is 0 Å². The molecule has 0 saturated heterocycles. The average molecular weight is 537 g/mol. The zero-order valence-electron chi connectivity index (χ0n) is 23.1. The number of para-hydroxylation sites is 2. The minimum Gasteiger partial charge on any atom is -0.311 e. The molecule has 1 heterocycles. The van der Waals surface area contributed by atoms with E-state index in [2.05, 4.69) is 180 Å². The Kier molecular flexibility index (Phi) is 5.82. The molecule has 7 aromatic rings. The van der Waals surface area contributed by atoms with E-state index < -0.39 is 0 Å². The maximum Gasteiger partial charge on any atom is 0.0546 e. The average Bonchev–Trinajstić information content (AvgIpc) is 3.07. The summed E-state index contributed by atoms with van der Waals surface area (Å²) in [5.74, 6) is 0. The Morgan fingerprint density at radius 2 is 0.881 bits per heavy atom. The van der Waals surface area contributed by atoms with E-state index in [1.165, 1.54) is 44.4 Å². The van der Waals surface area contributed by atoms with Gasteiger partial charge in [0.15, 0.2) is 0 Å². The third-order valence-electron chi connectivity index (χ3n) is 8.17. The molecule has 0 atom stereocenters. The van der Waals surface area contributed by atoms with E-state index in [4.69, 9.17) is 0 Å². The van der Waals surface area contributed by atoms with Crippen molar-refractivity contribution in [3.63, 3.8) is 0 Å². The molecule has 7 aromatic carbocycles. The fraction of sp³-hybridized carbons (Fsp3) is 0. The van der Waals surface area contributed by atoms with E-state index in [9.17, 15) is 0 Å². The minimum atomic E-state index is 1.11. The molecule has 0 spiro atoms. The highest BCUT2D eigenvalue weighted by atomic mass is 15.2. The van der Waals surface area contributed by atoms with Crippen LogP contribution in [-0.4, -0.2) is 0 Å². The van der Waals surface area contributed by atoms with Crippen LogP contribution in [0, 0.1) is 0 Å². The van der Waals surface area contributed by atoms with Crippen LogP contribution in [0.15, 0.2) is 170 Å². The normalized spacial score (nSPS) is 11.8. The van der Waals surface area contributed by atoms with Crippen molar-refractivity contribution in [3.8, 4) is 22.3 Å². The number of benzene rings is 7. The molecule has 8 rings (SSSR count). The number of fused-ring (bicyclic) bond motifs is 2. The number of hydrogen-bond donors (Lipinski definition) is 0. The summed E-state index contributed by atoms with van der Waals surface area (Å²) >= 11 is 0. The Bertz CT molecular complexity index is 2010. The SMILES string of the molecule is c1ccc(-c2ccc(N(c3ccccc3)c3ccc(N4c5ccccc5-c5cccc6cccc4c56)cc3)cc2)cc1. The standard InChI is InChI=1S/C40H28N2/c1-3-11-29(12-4-1)30-21-23-33(24-22-30)41(32-15-5-2-6-16-32)34-25-27-35(28-26-34)42-38-19-8-7-17-36(38)37-18-9-13-31-14-10-20-39(42)40(31)37/h1-28H. The summed E-state index contributed by atoms with van der Waals surface area (Å²) in [4.78, 5) is 4.72. The van der Waals surface area contributed by atoms with Crippen molar-refractivity contribution in [1.82, 2.24) is 0 Å². The predicted octanol–water partition coefficient (Wildman–Crippen LogP) is 11.4. The van der Waals surface area contributed by atoms with Crippen molar-refractivity contribution in [1.29, 1.82) is 0 Å². The van der Waals surface area contributed by atoms with Gasteiger partial charge >= 0.3 is 0 Å². The van der Waals surface area contributed by atoms with Crippen molar-refractivity contribution in [3.05, 3.63) is 170 Å². The maximum atomic E-state index is 2.40. The molecule has 1 aliphatic rings. The molecule has 0 N–H and O–H groups in total. The number of hydrogen-bond acceptors (Lipinski definition) is 2. The molecule has 0 fully saturated rings. The van der Waals surface area contributed by atoms with Gasteiger partial charge in [0.05, 0.1) is 11.4 Å². The fourth-order valence-corrected chi connectivity index (χ4v) is 6.24. The second-order valence-electron chi connectivity index (χ2n) is 10.6. The summed E-state index contributed by atoms with van der Waals surface area (Å²) in [6.45, 7) is 0. The molecule has 0 aromatic heterocycles. The van der Waals surface area contributed by atoms with Gasteiger partial charge in [-0.25, -0.2) is 0 Å². The first-order valence-corrected chi connectivity index (χ1v) is 14.4. The van der Waals surface area contributed by atoms with Crippen molar-refractivity contribution in [2.75, 3.05) is 9.80 Å². The summed E-state index contributed by atoms with van der Waals surface area (Å²) < 4.78 is 0. The van der Waals surface area contributed by atoms with Crippen LogP contribution in [-0.2, 0) is 0 Å². The molecule has 0 radical (unpaired) electrons. The van der Waals surface area contributed by atoms with Crippen molar-refractivity contribution in [2.24, 2.45) is 0 Å². The first-order valence-electron chi connectivity index (χ1n) is 14.4. The topological polar surface area (TPSA) is 6.48 Å². The smallest absolute Gasteiger partial charge is 0.0546 e. The molecule has 1 aliphatic heterocycles. The lowest BCUT2D eigenvalue weighted by atomic mass is 9.91.